The van der Waals surface area contributed by atoms with E-state index >= 15 is 0 Å². The van der Waals surface area contributed by atoms with E-state index < -0.39 is 28.5 Å². The smallest absolute Gasteiger partial charge is 0.354 e. The van der Waals surface area contributed by atoms with E-state index in [-0.39, 0.29) is 27.2 Å². The van der Waals surface area contributed by atoms with Crippen LogP contribution in [0.1, 0.15) is 29.5 Å². The van der Waals surface area contributed by atoms with E-state index in [2.05, 4.69) is 4.98 Å². The fourth-order valence-corrected chi connectivity index (χ4v) is 3.83. The molecule has 3 N–H and O–H groups in total. The lowest BCUT2D eigenvalue weighted by molar-refractivity contribution is -0.137. The highest BCUT2D eigenvalue weighted by Crippen LogP contribution is 2.43. The molecule has 2 nitrogen and oxygen atoms in total. The first-order valence-electron chi connectivity index (χ1n) is 8.92. The van der Waals surface area contributed by atoms with E-state index in [9.17, 15) is 26.3 Å². The molecule has 0 spiro atoms. The molecule has 10 heteroatoms. The number of halogens is 8. The van der Waals surface area contributed by atoms with Crippen LogP contribution in [0.5, 0.6) is 0 Å². The van der Waals surface area contributed by atoms with Crippen LogP contribution in [-0.4, -0.2) is 11.5 Å². The van der Waals surface area contributed by atoms with Gasteiger partial charge in [0.2, 0.25) is 0 Å². The molecule has 0 atom stereocenters. The van der Waals surface area contributed by atoms with Crippen molar-refractivity contribution in [1.29, 1.82) is 0 Å². The van der Waals surface area contributed by atoms with Crippen LogP contribution in [-0.2, 0) is 18.8 Å². The lowest BCUT2D eigenvalue weighted by atomic mass is 9.98. The summed E-state index contributed by atoms with van der Waals surface area (Å²) < 4.78 is 80.6. The predicted molar refractivity (Wildman–Crippen MR) is 106 cm³/mol. The minimum Gasteiger partial charge on any atom is -0.354 e. The Morgan fingerprint density at radius 2 is 1.53 bits per heavy atom. The highest BCUT2D eigenvalue weighted by atomic mass is 35.5. The van der Waals surface area contributed by atoms with Gasteiger partial charge < -0.3 is 10.7 Å². The minimum atomic E-state index is -4.71. The number of hydrogen-bond acceptors (Lipinski definition) is 1. The standard InChI is InChI=1S/C20H16Cl2F6N2/c21-11-8-13-12(3-1-2-6-29)17(30-18(13)15(9-11)20(26,27)28)10-4-5-16(22)14(7-10)19(23,24)25/h4-5,7-9,30H,1-3,6,29H2. The molecular formula is C20H16Cl2F6N2. The Morgan fingerprint density at radius 3 is 2.13 bits per heavy atom. The van der Waals surface area contributed by atoms with Crippen molar-refractivity contribution in [3.8, 4) is 11.3 Å². The molecule has 0 saturated carbocycles. The number of fused-ring (bicyclic) bond motifs is 1. The Labute approximate surface area is 178 Å². The van der Waals surface area contributed by atoms with Gasteiger partial charge in [0.05, 0.1) is 21.7 Å². The Morgan fingerprint density at radius 1 is 0.867 bits per heavy atom. The van der Waals surface area contributed by atoms with Gasteiger partial charge in [-0.2, -0.15) is 26.3 Å². The second kappa shape index (κ2) is 8.32. The van der Waals surface area contributed by atoms with Crippen LogP contribution in [0.3, 0.4) is 0 Å². The number of alkyl halides is 6. The van der Waals surface area contributed by atoms with Crippen molar-refractivity contribution in [3.05, 3.63) is 57.1 Å². The number of rotatable bonds is 5. The topological polar surface area (TPSA) is 41.8 Å². The molecule has 162 valence electrons. The van der Waals surface area contributed by atoms with Crippen LogP contribution >= 0.6 is 23.2 Å². The third-order valence-electron chi connectivity index (χ3n) is 4.73. The van der Waals surface area contributed by atoms with E-state index in [4.69, 9.17) is 28.9 Å². The maximum Gasteiger partial charge on any atom is 0.418 e. The van der Waals surface area contributed by atoms with Gasteiger partial charge in [0, 0.05) is 16.1 Å². The molecule has 0 aliphatic carbocycles. The van der Waals surface area contributed by atoms with Crippen molar-refractivity contribution in [2.75, 3.05) is 6.54 Å². The highest BCUT2D eigenvalue weighted by molar-refractivity contribution is 6.32. The molecule has 0 bridgehead atoms. The van der Waals surface area contributed by atoms with E-state index in [0.29, 0.717) is 31.4 Å². The summed E-state index contributed by atoms with van der Waals surface area (Å²) in [6, 6.07) is 5.41. The number of nitrogens with two attached hydrogens (primary N) is 1. The monoisotopic (exact) mass is 468 g/mol. The second-order valence-corrected chi connectivity index (χ2v) is 7.63. The van der Waals surface area contributed by atoms with Crippen molar-refractivity contribution in [2.45, 2.75) is 31.6 Å². The zero-order chi connectivity index (χ0) is 22.3. The van der Waals surface area contributed by atoms with E-state index in [0.717, 1.165) is 18.2 Å². The number of nitrogens with one attached hydrogen (secondary N) is 1. The molecule has 3 rings (SSSR count). The minimum absolute atomic E-state index is 0.0786. The summed E-state index contributed by atoms with van der Waals surface area (Å²) in [5, 5.41) is -0.399. The summed E-state index contributed by atoms with van der Waals surface area (Å²) in [7, 11) is 0. The first-order chi connectivity index (χ1) is 13.9. The number of H-pyrrole nitrogens is 1. The number of benzene rings is 2. The van der Waals surface area contributed by atoms with Crippen LogP contribution in [0.4, 0.5) is 26.3 Å². The predicted octanol–water partition coefficient (Wildman–Crippen LogP) is 7.46. The van der Waals surface area contributed by atoms with Gasteiger partial charge in [-0.3, -0.25) is 0 Å². The van der Waals surface area contributed by atoms with E-state index in [1.807, 2.05) is 0 Å². The SMILES string of the molecule is NCCCCc1c(-c2ccc(Cl)c(C(F)(F)F)c2)[nH]c2c(C(F)(F)F)cc(Cl)cc12. The first-order valence-corrected chi connectivity index (χ1v) is 9.67. The molecule has 0 saturated heterocycles. The van der Waals surface area contributed by atoms with Crippen LogP contribution in [0.2, 0.25) is 10.0 Å². The molecule has 0 amide bonds. The zero-order valence-electron chi connectivity index (χ0n) is 15.3. The van der Waals surface area contributed by atoms with Crippen molar-refractivity contribution in [2.24, 2.45) is 5.73 Å². The van der Waals surface area contributed by atoms with Crippen LogP contribution < -0.4 is 5.73 Å². The number of aromatic nitrogens is 1. The Hall–Kier alpha value is -1.90. The fourth-order valence-electron chi connectivity index (χ4n) is 3.39. The molecule has 0 fully saturated rings. The molecule has 0 aliphatic rings. The second-order valence-electron chi connectivity index (χ2n) is 6.79. The molecule has 3 aromatic rings. The summed E-state index contributed by atoms with van der Waals surface area (Å²) in [6.07, 6.45) is -7.94. The Balaban J connectivity index is 2.29. The average molecular weight is 469 g/mol. The largest absolute Gasteiger partial charge is 0.418 e. The van der Waals surface area contributed by atoms with Gasteiger partial charge in [0.25, 0.3) is 0 Å². The maximum atomic E-state index is 13.6. The molecule has 0 radical (unpaired) electrons. The Kier molecular flexibility index (Phi) is 6.32. The van der Waals surface area contributed by atoms with Crippen LogP contribution in [0, 0.1) is 0 Å². The molecular weight excluding hydrogens is 453 g/mol. The summed E-state index contributed by atoms with van der Waals surface area (Å²) in [5.41, 5.74) is 3.91. The van der Waals surface area contributed by atoms with Crippen molar-refractivity contribution in [3.63, 3.8) is 0 Å². The summed E-state index contributed by atoms with van der Waals surface area (Å²) in [5.74, 6) is 0. The summed E-state index contributed by atoms with van der Waals surface area (Å²) in [6.45, 7) is 0.380. The van der Waals surface area contributed by atoms with Crippen LogP contribution in [0.15, 0.2) is 30.3 Å². The fraction of sp³-hybridized carbons (Fsp3) is 0.300. The lowest BCUT2D eigenvalue weighted by Crippen LogP contribution is -2.06. The summed E-state index contributed by atoms with van der Waals surface area (Å²) >= 11 is 11.6. The van der Waals surface area contributed by atoms with Crippen molar-refractivity contribution < 1.29 is 26.3 Å². The molecule has 0 aliphatic heterocycles. The van der Waals surface area contributed by atoms with Gasteiger partial charge in [-0.1, -0.05) is 29.3 Å². The first kappa shape index (κ1) is 22.8. The van der Waals surface area contributed by atoms with E-state index in [1.165, 1.54) is 12.1 Å². The van der Waals surface area contributed by atoms with Crippen molar-refractivity contribution >= 4 is 34.1 Å². The van der Waals surface area contributed by atoms with Gasteiger partial charge >= 0.3 is 12.4 Å². The zero-order valence-corrected chi connectivity index (χ0v) is 16.8. The number of aryl methyl sites for hydroxylation is 1. The van der Waals surface area contributed by atoms with Gasteiger partial charge in [-0.25, -0.2) is 0 Å². The molecule has 1 heterocycles. The summed E-state index contributed by atoms with van der Waals surface area (Å²) in [4.78, 5) is 2.69. The third kappa shape index (κ3) is 4.55. The highest BCUT2D eigenvalue weighted by Gasteiger charge is 2.36. The number of hydrogen-bond donors (Lipinski definition) is 2. The Bertz CT molecular complexity index is 1070. The van der Waals surface area contributed by atoms with Gasteiger partial charge in [0.15, 0.2) is 0 Å². The van der Waals surface area contributed by atoms with Crippen molar-refractivity contribution in [1.82, 2.24) is 4.98 Å². The quantitative estimate of drug-likeness (QED) is 0.296. The molecule has 2 aromatic carbocycles. The van der Waals surface area contributed by atoms with Gasteiger partial charge in [0.1, 0.15) is 0 Å². The lowest BCUT2D eigenvalue weighted by Gasteiger charge is -2.12. The molecule has 0 unspecified atom stereocenters. The van der Waals surface area contributed by atoms with E-state index in [1.54, 1.807) is 0 Å². The molecule has 30 heavy (non-hydrogen) atoms. The molecule has 1 aromatic heterocycles. The number of aromatic amines is 1. The maximum absolute atomic E-state index is 13.6. The average Bonchev–Trinajstić information content (AvgIpc) is 2.98. The van der Waals surface area contributed by atoms with Gasteiger partial charge in [-0.05, 0) is 61.2 Å². The van der Waals surface area contributed by atoms with Gasteiger partial charge in [-0.15, -0.1) is 0 Å². The normalized spacial score (nSPS) is 12.7. The number of unbranched alkanes of at least 4 members (excludes halogenated alkanes) is 1. The van der Waals surface area contributed by atoms with Crippen LogP contribution in [0.25, 0.3) is 22.2 Å². The third-order valence-corrected chi connectivity index (χ3v) is 5.27.